The summed E-state index contributed by atoms with van der Waals surface area (Å²) in [4.78, 5) is 0. The molecule has 1 heterocycles. The lowest BCUT2D eigenvalue weighted by atomic mass is 9.89. The maximum absolute atomic E-state index is 5.72. The van der Waals surface area contributed by atoms with Gasteiger partial charge < -0.3 is 10.5 Å². The Balaban J connectivity index is 2.57. The Bertz CT molecular complexity index is 165. The van der Waals surface area contributed by atoms with Crippen LogP contribution in [0.5, 0.6) is 0 Å². The fourth-order valence-electron chi connectivity index (χ4n) is 1.38. The van der Waals surface area contributed by atoms with E-state index in [-0.39, 0.29) is 11.6 Å². The Hall–Kier alpha value is -0.520. The molecule has 0 spiro atoms. The van der Waals surface area contributed by atoms with Gasteiger partial charge in [0.25, 0.3) is 0 Å². The monoisotopic (exact) mass is 153 g/mol. The first-order valence-electron chi connectivity index (χ1n) is 4.05. The lowest BCUT2D eigenvalue weighted by Gasteiger charge is -2.36. The van der Waals surface area contributed by atoms with Gasteiger partial charge in [-0.1, -0.05) is 5.92 Å². The molecule has 0 amide bonds. The van der Waals surface area contributed by atoms with Gasteiger partial charge in [0.15, 0.2) is 0 Å². The Morgan fingerprint density at radius 2 is 2.36 bits per heavy atom. The number of ether oxygens (including phenoxy) is 1. The van der Waals surface area contributed by atoms with Crippen LogP contribution in [0.1, 0.15) is 26.2 Å². The van der Waals surface area contributed by atoms with Crippen molar-refractivity contribution < 1.29 is 4.74 Å². The first-order valence-corrected chi connectivity index (χ1v) is 4.05. The number of rotatable bonds is 1. The van der Waals surface area contributed by atoms with Gasteiger partial charge in [-0.25, -0.2) is 0 Å². The van der Waals surface area contributed by atoms with E-state index in [1.807, 2.05) is 6.92 Å². The summed E-state index contributed by atoms with van der Waals surface area (Å²) in [5.74, 6) is 2.53. The van der Waals surface area contributed by atoms with Crippen LogP contribution in [0.25, 0.3) is 0 Å². The van der Waals surface area contributed by atoms with Crippen molar-refractivity contribution in [1.29, 1.82) is 0 Å². The van der Waals surface area contributed by atoms with Crippen molar-refractivity contribution >= 4 is 0 Å². The van der Waals surface area contributed by atoms with Gasteiger partial charge in [0.2, 0.25) is 0 Å². The maximum Gasteiger partial charge on any atom is 0.0953 e. The third-order valence-corrected chi connectivity index (χ3v) is 2.34. The molecule has 0 saturated carbocycles. The molecule has 0 aliphatic carbocycles. The summed E-state index contributed by atoms with van der Waals surface area (Å²) >= 11 is 0. The van der Waals surface area contributed by atoms with Gasteiger partial charge in [0, 0.05) is 6.61 Å². The summed E-state index contributed by atoms with van der Waals surface area (Å²) in [5, 5.41) is 0. The summed E-state index contributed by atoms with van der Waals surface area (Å²) < 4.78 is 5.55. The van der Waals surface area contributed by atoms with Crippen LogP contribution < -0.4 is 5.73 Å². The van der Waals surface area contributed by atoms with Crippen LogP contribution in [0.15, 0.2) is 0 Å². The number of terminal acetylenes is 1. The summed E-state index contributed by atoms with van der Waals surface area (Å²) in [7, 11) is 0. The van der Waals surface area contributed by atoms with Crippen LogP contribution in [-0.4, -0.2) is 18.2 Å². The molecule has 0 radical (unpaired) electrons. The number of hydrogen-bond acceptors (Lipinski definition) is 2. The fourth-order valence-corrected chi connectivity index (χ4v) is 1.38. The van der Waals surface area contributed by atoms with E-state index in [9.17, 15) is 0 Å². The second kappa shape index (κ2) is 3.25. The highest BCUT2D eigenvalue weighted by Crippen LogP contribution is 2.26. The Morgan fingerprint density at radius 1 is 1.64 bits per heavy atom. The largest absolute Gasteiger partial charge is 0.373 e. The van der Waals surface area contributed by atoms with Crippen LogP contribution in [0.3, 0.4) is 0 Å². The Labute approximate surface area is 68.1 Å². The highest BCUT2D eigenvalue weighted by molar-refractivity contribution is 5.07. The van der Waals surface area contributed by atoms with Crippen molar-refractivity contribution in [3.8, 4) is 12.3 Å². The van der Waals surface area contributed by atoms with Gasteiger partial charge in [-0.3, -0.25) is 0 Å². The summed E-state index contributed by atoms with van der Waals surface area (Å²) in [6, 6.07) is -0.261. The molecule has 1 aliphatic rings. The predicted molar refractivity (Wildman–Crippen MR) is 45.0 cm³/mol. The van der Waals surface area contributed by atoms with Crippen molar-refractivity contribution in [3.05, 3.63) is 0 Å². The number of hydrogen-bond donors (Lipinski definition) is 1. The zero-order chi connectivity index (χ0) is 8.32. The second-order valence-electron chi connectivity index (χ2n) is 3.26. The van der Waals surface area contributed by atoms with Crippen LogP contribution in [0.4, 0.5) is 0 Å². The molecule has 0 aromatic rings. The van der Waals surface area contributed by atoms with E-state index in [0.717, 1.165) is 19.4 Å². The third kappa shape index (κ3) is 1.74. The van der Waals surface area contributed by atoms with E-state index in [1.54, 1.807) is 0 Å². The SMILES string of the molecule is C#CC(N)C1(C)CCCCO1. The van der Waals surface area contributed by atoms with E-state index < -0.39 is 0 Å². The van der Waals surface area contributed by atoms with Gasteiger partial charge in [0.05, 0.1) is 11.6 Å². The minimum Gasteiger partial charge on any atom is -0.373 e. The quantitative estimate of drug-likeness (QED) is 0.568. The van der Waals surface area contributed by atoms with E-state index in [4.69, 9.17) is 16.9 Å². The Morgan fingerprint density at radius 3 is 2.82 bits per heavy atom. The molecule has 62 valence electrons. The lowest BCUT2D eigenvalue weighted by Crippen LogP contribution is -2.48. The molecule has 0 aromatic heterocycles. The van der Waals surface area contributed by atoms with E-state index in [1.165, 1.54) is 6.42 Å². The smallest absolute Gasteiger partial charge is 0.0953 e. The van der Waals surface area contributed by atoms with E-state index in [2.05, 4.69) is 5.92 Å². The molecule has 1 rings (SSSR count). The molecule has 2 heteroatoms. The minimum atomic E-state index is -0.271. The molecule has 1 aliphatic heterocycles. The molecular weight excluding hydrogens is 138 g/mol. The third-order valence-electron chi connectivity index (χ3n) is 2.34. The molecule has 2 nitrogen and oxygen atoms in total. The molecule has 2 unspecified atom stereocenters. The highest BCUT2D eigenvalue weighted by Gasteiger charge is 2.33. The predicted octanol–water partition coefficient (Wildman–Crippen LogP) is 0.906. The zero-order valence-electron chi connectivity index (χ0n) is 6.97. The molecule has 1 fully saturated rings. The van der Waals surface area contributed by atoms with Gasteiger partial charge >= 0.3 is 0 Å². The van der Waals surface area contributed by atoms with Crippen molar-refractivity contribution in [3.63, 3.8) is 0 Å². The average molecular weight is 153 g/mol. The molecule has 2 N–H and O–H groups in total. The van der Waals surface area contributed by atoms with Crippen molar-refractivity contribution in [2.45, 2.75) is 37.8 Å². The van der Waals surface area contributed by atoms with Gasteiger partial charge in [-0.2, -0.15) is 0 Å². The van der Waals surface area contributed by atoms with Crippen molar-refractivity contribution in [1.82, 2.24) is 0 Å². The number of nitrogens with two attached hydrogens (primary N) is 1. The second-order valence-corrected chi connectivity index (χ2v) is 3.26. The molecule has 2 atom stereocenters. The van der Waals surface area contributed by atoms with Crippen LogP contribution in [0.2, 0.25) is 0 Å². The molecule has 0 bridgehead atoms. The topological polar surface area (TPSA) is 35.2 Å². The summed E-state index contributed by atoms with van der Waals surface area (Å²) in [6.07, 6.45) is 8.52. The average Bonchev–Trinajstić information content (AvgIpc) is 2.04. The molecule has 1 saturated heterocycles. The first kappa shape index (κ1) is 8.58. The van der Waals surface area contributed by atoms with Gasteiger partial charge in [-0.05, 0) is 26.2 Å². The standard InChI is InChI=1S/C9H15NO/c1-3-8(10)9(2)6-4-5-7-11-9/h1,8H,4-7,10H2,2H3. The first-order chi connectivity index (χ1) is 5.19. The summed E-state index contributed by atoms with van der Waals surface area (Å²) in [5.41, 5.74) is 5.45. The highest BCUT2D eigenvalue weighted by atomic mass is 16.5. The fraction of sp³-hybridized carbons (Fsp3) is 0.778. The van der Waals surface area contributed by atoms with Crippen LogP contribution in [0, 0.1) is 12.3 Å². The van der Waals surface area contributed by atoms with Gasteiger partial charge in [0.1, 0.15) is 0 Å². The van der Waals surface area contributed by atoms with Crippen LogP contribution >= 0.6 is 0 Å². The molecule has 11 heavy (non-hydrogen) atoms. The maximum atomic E-state index is 5.72. The Kier molecular flexibility index (Phi) is 2.53. The summed E-state index contributed by atoms with van der Waals surface area (Å²) in [6.45, 7) is 2.79. The van der Waals surface area contributed by atoms with E-state index >= 15 is 0 Å². The van der Waals surface area contributed by atoms with E-state index in [0.29, 0.717) is 0 Å². The normalized spacial score (nSPS) is 34.3. The lowest BCUT2D eigenvalue weighted by molar-refractivity contribution is -0.0704. The van der Waals surface area contributed by atoms with Crippen molar-refractivity contribution in [2.24, 2.45) is 5.73 Å². The molecular formula is C9H15NO. The molecule has 0 aromatic carbocycles. The zero-order valence-corrected chi connectivity index (χ0v) is 6.97. The van der Waals surface area contributed by atoms with Crippen molar-refractivity contribution in [2.75, 3.05) is 6.61 Å². The van der Waals surface area contributed by atoms with Gasteiger partial charge in [-0.15, -0.1) is 6.42 Å². The van der Waals surface area contributed by atoms with Crippen LogP contribution in [-0.2, 0) is 4.74 Å². The minimum absolute atomic E-state index is 0.261.